The van der Waals surface area contributed by atoms with E-state index in [0.717, 1.165) is 31.7 Å². The van der Waals surface area contributed by atoms with E-state index < -0.39 is 11.7 Å². The third-order valence-electron chi connectivity index (χ3n) is 3.02. The highest BCUT2D eigenvalue weighted by atomic mass is 32.2. The average molecular weight is 276 g/mol. The summed E-state index contributed by atoms with van der Waals surface area (Å²) >= 11 is 1.21. The van der Waals surface area contributed by atoms with Crippen LogP contribution < -0.4 is 5.73 Å². The van der Waals surface area contributed by atoms with Gasteiger partial charge in [-0.3, -0.25) is 0 Å². The van der Waals surface area contributed by atoms with Crippen LogP contribution in [0.15, 0.2) is 23.4 Å². The van der Waals surface area contributed by atoms with Crippen LogP contribution in [0.25, 0.3) is 0 Å². The lowest BCUT2D eigenvalue weighted by molar-refractivity contribution is -0.140. The minimum absolute atomic E-state index is 0.0732. The summed E-state index contributed by atoms with van der Waals surface area (Å²) in [5, 5.41) is 0.217. The first kappa shape index (κ1) is 13.7. The van der Waals surface area contributed by atoms with Gasteiger partial charge in [-0.05, 0) is 31.4 Å². The van der Waals surface area contributed by atoms with E-state index in [1.165, 1.54) is 24.0 Å². The Bertz CT molecular complexity index is 409. The standard InChI is InChI=1S/C12H15F3N2S/c13-12(14,15)10-5-2-6-17-11(10)18-9-4-1-3-8(16)7-9/h2,5-6,8-9H,1,3-4,7,16H2. The van der Waals surface area contributed by atoms with E-state index >= 15 is 0 Å². The van der Waals surface area contributed by atoms with Crippen LogP contribution in [0.2, 0.25) is 0 Å². The SMILES string of the molecule is NC1CCCC(Sc2ncccc2C(F)(F)F)C1. The highest BCUT2D eigenvalue weighted by Crippen LogP contribution is 2.39. The smallest absolute Gasteiger partial charge is 0.328 e. The molecule has 1 heterocycles. The number of nitrogens with two attached hydrogens (primary N) is 1. The average Bonchev–Trinajstić information content (AvgIpc) is 2.28. The van der Waals surface area contributed by atoms with Crippen molar-refractivity contribution < 1.29 is 13.2 Å². The lowest BCUT2D eigenvalue weighted by Crippen LogP contribution is -2.29. The van der Waals surface area contributed by atoms with Crippen molar-refractivity contribution in [3.63, 3.8) is 0 Å². The number of hydrogen-bond acceptors (Lipinski definition) is 3. The van der Waals surface area contributed by atoms with Gasteiger partial charge in [-0.25, -0.2) is 4.98 Å². The van der Waals surface area contributed by atoms with E-state index in [1.54, 1.807) is 0 Å². The van der Waals surface area contributed by atoms with Gasteiger partial charge in [0.2, 0.25) is 0 Å². The molecule has 2 unspecified atom stereocenters. The van der Waals surface area contributed by atoms with Crippen molar-refractivity contribution in [3.05, 3.63) is 23.9 Å². The molecular weight excluding hydrogens is 261 g/mol. The number of nitrogens with zero attached hydrogens (tertiary/aromatic N) is 1. The first-order chi connectivity index (χ1) is 8.47. The monoisotopic (exact) mass is 276 g/mol. The molecule has 6 heteroatoms. The van der Waals surface area contributed by atoms with Gasteiger partial charge in [0.05, 0.1) is 5.56 Å². The molecule has 0 spiro atoms. The summed E-state index contributed by atoms with van der Waals surface area (Å²) < 4.78 is 38.4. The van der Waals surface area contributed by atoms with Crippen molar-refractivity contribution in [1.82, 2.24) is 4.98 Å². The fourth-order valence-electron chi connectivity index (χ4n) is 2.15. The van der Waals surface area contributed by atoms with Crippen LogP contribution in [0, 0.1) is 0 Å². The van der Waals surface area contributed by atoms with Crippen LogP contribution in [-0.2, 0) is 6.18 Å². The first-order valence-electron chi connectivity index (χ1n) is 5.91. The van der Waals surface area contributed by atoms with E-state index in [9.17, 15) is 13.2 Å². The Morgan fingerprint density at radius 2 is 2.11 bits per heavy atom. The molecule has 0 bridgehead atoms. The molecule has 18 heavy (non-hydrogen) atoms. The van der Waals surface area contributed by atoms with Gasteiger partial charge in [0, 0.05) is 17.5 Å². The van der Waals surface area contributed by atoms with Crippen LogP contribution in [0.1, 0.15) is 31.2 Å². The van der Waals surface area contributed by atoms with E-state index in [2.05, 4.69) is 4.98 Å². The molecule has 0 amide bonds. The molecular formula is C12H15F3N2S. The summed E-state index contributed by atoms with van der Waals surface area (Å²) in [6.45, 7) is 0. The maximum atomic E-state index is 12.8. The van der Waals surface area contributed by atoms with Gasteiger partial charge in [-0.1, -0.05) is 6.42 Å². The van der Waals surface area contributed by atoms with Crippen molar-refractivity contribution in [3.8, 4) is 0 Å². The van der Waals surface area contributed by atoms with E-state index in [0.29, 0.717) is 0 Å². The quantitative estimate of drug-likeness (QED) is 0.899. The number of thioether (sulfide) groups is 1. The van der Waals surface area contributed by atoms with Crippen LogP contribution in [0.5, 0.6) is 0 Å². The number of aromatic nitrogens is 1. The highest BCUT2D eigenvalue weighted by molar-refractivity contribution is 7.99. The maximum absolute atomic E-state index is 12.8. The number of halogens is 3. The van der Waals surface area contributed by atoms with Crippen LogP contribution >= 0.6 is 11.8 Å². The third kappa shape index (κ3) is 3.38. The molecule has 2 nitrogen and oxygen atoms in total. The Morgan fingerprint density at radius 3 is 2.78 bits per heavy atom. The third-order valence-corrected chi connectivity index (χ3v) is 4.33. The van der Waals surface area contributed by atoms with Gasteiger partial charge in [0.25, 0.3) is 0 Å². The topological polar surface area (TPSA) is 38.9 Å². The second-order valence-corrected chi connectivity index (χ2v) is 5.81. The molecule has 0 radical (unpaired) electrons. The largest absolute Gasteiger partial charge is 0.419 e. The van der Waals surface area contributed by atoms with Gasteiger partial charge in [-0.15, -0.1) is 11.8 Å². The number of rotatable bonds is 2. The second kappa shape index (κ2) is 5.48. The Balaban J connectivity index is 2.13. The number of alkyl halides is 3. The molecule has 1 fully saturated rings. The van der Waals surface area contributed by atoms with Gasteiger partial charge in [0.15, 0.2) is 0 Å². The summed E-state index contributed by atoms with van der Waals surface area (Å²) in [7, 11) is 0. The predicted octanol–water partition coefficient (Wildman–Crippen LogP) is 3.46. The van der Waals surface area contributed by atoms with Gasteiger partial charge < -0.3 is 5.73 Å². The summed E-state index contributed by atoms with van der Waals surface area (Å²) in [6.07, 6.45) is 0.677. The fourth-order valence-corrected chi connectivity index (χ4v) is 3.52. The Morgan fingerprint density at radius 1 is 1.33 bits per heavy atom. The van der Waals surface area contributed by atoms with Gasteiger partial charge in [0.1, 0.15) is 5.03 Å². The minimum atomic E-state index is -4.34. The van der Waals surface area contributed by atoms with Crippen molar-refractivity contribution >= 4 is 11.8 Å². The second-order valence-electron chi connectivity index (χ2n) is 4.52. The molecule has 2 rings (SSSR count). The van der Waals surface area contributed by atoms with Crippen molar-refractivity contribution in [1.29, 1.82) is 0 Å². The van der Waals surface area contributed by atoms with Gasteiger partial charge >= 0.3 is 6.18 Å². The maximum Gasteiger partial charge on any atom is 0.419 e. The Hall–Kier alpha value is -0.750. The minimum Gasteiger partial charge on any atom is -0.328 e. The summed E-state index contributed by atoms with van der Waals surface area (Å²) in [5.41, 5.74) is 5.20. The molecule has 0 aromatic carbocycles. The van der Waals surface area contributed by atoms with Crippen molar-refractivity contribution in [2.45, 2.75) is 48.2 Å². The van der Waals surface area contributed by atoms with E-state index in [4.69, 9.17) is 5.73 Å². The molecule has 0 aliphatic heterocycles. The molecule has 2 N–H and O–H groups in total. The zero-order chi connectivity index (χ0) is 13.2. The zero-order valence-electron chi connectivity index (χ0n) is 9.78. The molecule has 1 aliphatic rings. The molecule has 1 aromatic heterocycles. The van der Waals surface area contributed by atoms with Crippen LogP contribution in [-0.4, -0.2) is 16.3 Å². The molecule has 1 aliphatic carbocycles. The molecule has 0 saturated heterocycles. The Kier molecular flexibility index (Phi) is 4.17. The molecule has 2 atom stereocenters. The summed E-state index contributed by atoms with van der Waals surface area (Å²) in [4.78, 5) is 3.87. The zero-order valence-corrected chi connectivity index (χ0v) is 10.6. The normalized spacial score (nSPS) is 25.1. The van der Waals surface area contributed by atoms with E-state index in [1.807, 2.05) is 0 Å². The molecule has 1 saturated carbocycles. The number of pyridine rings is 1. The van der Waals surface area contributed by atoms with Crippen LogP contribution in [0.3, 0.4) is 0 Å². The number of hydrogen-bond donors (Lipinski definition) is 1. The lowest BCUT2D eigenvalue weighted by Gasteiger charge is -2.26. The van der Waals surface area contributed by atoms with Gasteiger partial charge in [-0.2, -0.15) is 13.2 Å². The lowest BCUT2D eigenvalue weighted by atomic mass is 9.96. The fraction of sp³-hybridized carbons (Fsp3) is 0.583. The summed E-state index contributed by atoms with van der Waals surface area (Å²) in [6, 6.07) is 2.51. The highest BCUT2D eigenvalue weighted by Gasteiger charge is 2.35. The summed E-state index contributed by atoms with van der Waals surface area (Å²) in [5.74, 6) is 0. The van der Waals surface area contributed by atoms with E-state index in [-0.39, 0.29) is 16.3 Å². The van der Waals surface area contributed by atoms with Crippen LogP contribution in [0.4, 0.5) is 13.2 Å². The Labute approximate surface area is 108 Å². The predicted molar refractivity (Wildman–Crippen MR) is 65.3 cm³/mol. The molecule has 100 valence electrons. The molecule has 1 aromatic rings. The first-order valence-corrected chi connectivity index (χ1v) is 6.79. The van der Waals surface area contributed by atoms with Crippen molar-refractivity contribution in [2.24, 2.45) is 5.73 Å². The van der Waals surface area contributed by atoms with Crippen molar-refractivity contribution in [2.75, 3.05) is 0 Å².